The maximum absolute atomic E-state index is 13.6. The van der Waals surface area contributed by atoms with Gasteiger partial charge in [-0.1, -0.05) is 25.5 Å². The number of carbonyl (C=O) groups is 3. The van der Waals surface area contributed by atoms with Crippen LogP contribution in [0.3, 0.4) is 0 Å². The summed E-state index contributed by atoms with van der Waals surface area (Å²) in [5, 5.41) is 6.27. The molecule has 1 aromatic heterocycles. The highest BCUT2D eigenvalue weighted by Crippen LogP contribution is 2.38. The summed E-state index contributed by atoms with van der Waals surface area (Å²) < 4.78 is 19.7. The summed E-state index contributed by atoms with van der Waals surface area (Å²) in [6.07, 6.45) is 3.02. The summed E-state index contributed by atoms with van der Waals surface area (Å²) in [6, 6.07) is 16.5. The van der Waals surface area contributed by atoms with Crippen LogP contribution in [0.15, 0.2) is 65.1 Å². The van der Waals surface area contributed by atoms with Gasteiger partial charge in [0, 0.05) is 29.6 Å². The van der Waals surface area contributed by atoms with Crippen LogP contribution in [-0.2, 0) is 11.2 Å². The number of nitrogens with two attached hydrogens (primary N) is 1. The molecule has 8 heteroatoms. The Morgan fingerprint density at radius 1 is 1.00 bits per heavy atom. The third-order valence-electron chi connectivity index (χ3n) is 7.42. The lowest BCUT2D eigenvalue weighted by Gasteiger charge is -2.35. The molecule has 0 radical (unpaired) electrons. The quantitative estimate of drug-likeness (QED) is 0.292. The molecule has 7 nitrogen and oxygen atoms in total. The Labute approximate surface area is 225 Å². The predicted octanol–water partition coefficient (Wildman–Crippen LogP) is 5.21. The van der Waals surface area contributed by atoms with Crippen LogP contribution in [0.2, 0.25) is 0 Å². The maximum Gasteiger partial charge on any atom is 0.255 e. The number of hydrogen-bond donors (Lipinski definition) is 3. The molecule has 3 amide bonds. The van der Waals surface area contributed by atoms with E-state index in [-0.39, 0.29) is 35.6 Å². The molecular formula is C31H30FN3O4. The van der Waals surface area contributed by atoms with Crippen LogP contribution in [0.5, 0.6) is 0 Å². The zero-order chi connectivity index (χ0) is 27.7. The van der Waals surface area contributed by atoms with E-state index in [1.807, 2.05) is 6.07 Å². The molecule has 5 rings (SSSR count). The van der Waals surface area contributed by atoms with Crippen LogP contribution >= 0.6 is 0 Å². The molecular weight excluding hydrogens is 497 g/mol. The molecule has 1 aliphatic carbocycles. The molecule has 0 atom stereocenters. The van der Waals surface area contributed by atoms with Crippen molar-refractivity contribution in [2.45, 2.75) is 38.6 Å². The Morgan fingerprint density at radius 3 is 2.41 bits per heavy atom. The summed E-state index contributed by atoms with van der Waals surface area (Å²) in [4.78, 5) is 38.0. The average Bonchev–Trinajstić information content (AvgIpc) is 3.27. The summed E-state index contributed by atoms with van der Waals surface area (Å²) >= 11 is 0. The number of carbonyl (C=O) groups excluding carboxylic acids is 3. The van der Waals surface area contributed by atoms with Crippen LogP contribution < -0.4 is 16.4 Å². The van der Waals surface area contributed by atoms with E-state index in [1.54, 1.807) is 30.3 Å². The molecule has 1 saturated carbocycles. The van der Waals surface area contributed by atoms with E-state index in [0.29, 0.717) is 44.7 Å². The number of benzene rings is 3. The number of halogens is 1. The number of fused-ring (bicyclic) bond motifs is 1. The first kappa shape index (κ1) is 26.2. The molecule has 0 unspecified atom stereocenters. The van der Waals surface area contributed by atoms with Crippen molar-refractivity contribution in [3.8, 4) is 22.5 Å². The molecule has 0 saturated heterocycles. The van der Waals surface area contributed by atoms with Crippen LogP contribution in [-0.4, -0.2) is 30.8 Å². The SMILES string of the molecule is CCC1CC(NC(=O)c2cccc(-c3cc4c(C(=O)NC)c(-c5ccc(F)cc5)oc4cc3CC(N)=O)c2)C1. The third-order valence-corrected chi connectivity index (χ3v) is 7.42. The molecule has 3 aromatic carbocycles. The van der Waals surface area contributed by atoms with Gasteiger partial charge in [-0.2, -0.15) is 0 Å². The number of primary amides is 1. The van der Waals surface area contributed by atoms with Crippen molar-refractivity contribution in [3.05, 3.63) is 83.2 Å². The molecule has 200 valence electrons. The van der Waals surface area contributed by atoms with E-state index in [2.05, 4.69) is 17.6 Å². The Hall–Kier alpha value is -4.46. The zero-order valence-corrected chi connectivity index (χ0v) is 21.8. The van der Waals surface area contributed by atoms with Gasteiger partial charge in [-0.15, -0.1) is 0 Å². The van der Waals surface area contributed by atoms with Gasteiger partial charge in [-0.3, -0.25) is 14.4 Å². The lowest BCUT2D eigenvalue weighted by atomic mass is 9.78. The van der Waals surface area contributed by atoms with Crippen molar-refractivity contribution in [1.82, 2.24) is 10.6 Å². The van der Waals surface area contributed by atoms with Gasteiger partial charge in [-0.05, 0) is 84.0 Å². The summed E-state index contributed by atoms with van der Waals surface area (Å²) in [5.41, 5.74) is 9.23. The van der Waals surface area contributed by atoms with Gasteiger partial charge in [0.15, 0.2) is 0 Å². The van der Waals surface area contributed by atoms with E-state index < -0.39 is 11.7 Å². The molecule has 4 aromatic rings. The number of amides is 3. The maximum atomic E-state index is 13.6. The number of nitrogens with one attached hydrogen (secondary N) is 2. The van der Waals surface area contributed by atoms with Crippen molar-refractivity contribution in [3.63, 3.8) is 0 Å². The van der Waals surface area contributed by atoms with Crippen molar-refractivity contribution >= 4 is 28.7 Å². The smallest absolute Gasteiger partial charge is 0.255 e. The standard InChI is InChI=1S/C31H30FN3O4/c1-3-17-11-23(12-17)35-30(37)20-6-4-5-19(13-20)24-16-25-26(14-21(24)15-27(33)36)39-29(28(25)31(38)34-2)18-7-9-22(32)10-8-18/h4-10,13-14,16-17,23H,3,11-12,15H2,1-2H3,(H2,33,36)(H,34,38)(H,35,37). The summed E-state index contributed by atoms with van der Waals surface area (Å²) in [6.45, 7) is 2.16. The van der Waals surface area contributed by atoms with E-state index in [1.165, 1.54) is 31.3 Å². The Morgan fingerprint density at radius 2 is 1.74 bits per heavy atom. The van der Waals surface area contributed by atoms with Gasteiger partial charge < -0.3 is 20.8 Å². The fourth-order valence-corrected chi connectivity index (χ4v) is 5.23. The molecule has 1 aliphatic rings. The Kier molecular flexibility index (Phi) is 7.19. The van der Waals surface area contributed by atoms with E-state index in [4.69, 9.17) is 10.2 Å². The number of furan rings is 1. The third kappa shape index (κ3) is 5.27. The second-order valence-corrected chi connectivity index (χ2v) is 10.0. The van der Waals surface area contributed by atoms with Gasteiger partial charge in [-0.25, -0.2) is 4.39 Å². The van der Waals surface area contributed by atoms with Crippen LogP contribution in [0.4, 0.5) is 4.39 Å². The fraction of sp³-hybridized carbons (Fsp3) is 0.258. The average molecular weight is 528 g/mol. The molecule has 0 aliphatic heterocycles. The minimum atomic E-state index is -0.531. The summed E-state index contributed by atoms with van der Waals surface area (Å²) in [7, 11) is 1.52. The topological polar surface area (TPSA) is 114 Å². The monoisotopic (exact) mass is 527 g/mol. The van der Waals surface area contributed by atoms with Crippen molar-refractivity contribution in [2.24, 2.45) is 11.7 Å². The van der Waals surface area contributed by atoms with Crippen LogP contribution in [0.25, 0.3) is 33.4 Å². The Bertz CT molecular complexity index is 1570. The lowest BCUT2D eigenvalue weighted by Crippen LogP contribution is -2.44. The number of hydrogen-bond acceptors (Lipinski definition) is 4. The largest absolute Gasteiger partial charge is 0.455 e. The van der Waals surface area contributed by atoms with Gasteiger partial charge >= 0.3 is 0 Å². The predicted molar refractivity (Wildman–Crippen MR) is 148 cm³/mol. The van der Waals surface area contributed by atoms with Gasteiger partial charge in [0.1, 0.15) is 17.2 Å². The second-order valence-electron chi connectivity index (χ2n) is 10.0. The molecule has 0 bridgehead atoms. The van der Waals surface area contributed by atoms with E-state index >= 15 is 0 Å². The molecule has 0 spiro atoms. The first-order valence-electron chi connectivity index (χ1n) is 13.0. The van der Waals surface area contributed by atoms with Crippen LogP contribution in [0.1, 0.15) is 52.5 Å². The first-order chi connectivity index (χ1) is 18.8. The minimum absolute atomic E-state index is 0.0654. The normalized spacial score (nSPS) is 16.5. The number of rotatable bonds is 8. The van der Waals surface area contributed by atoms with Crippen molar-refractivity contribution < 1.29 is 23.2 Å². The first-order valence-corrected chi connectivity index (χ1v) is 13.0. The van der Waals surface area contributed by atoms with E-state index in [0.717, 1.165) is 19.3 Å². The van der Waals surface area contributed by atoms with Gasteiger partial charge in [0.2, 0.25) is 5.91 Å². The van der Waals surface area contributed by atoms with Gasteiger partial charge in [0.05, 0.1) is 12.0 Å². The van der Waals surface area contributed by atoms with E-state index in [9.17, 15) is 18.8 Å². The molecule has 1 fully saturated rings. The zero-order valence-electron chi connectivity index (χ0n) is 21.8. The van der Waals surface area contributed by atoms with Crippen molar-refractivity contribution in [2.75, 3.05) is 7.05 Å². The Balaban J connectivity index is 1.61. The highest BCUT2D eigenvalue weighted by molar-refractivity contribution is 6.12. The van der Waals surface area contributed by atoms with Crippen molar-refractivity contribution in [1.29, 1.82) is 0 Å². The van der Waals surface area contributed by atoms with Gasteiger partial charge in [0.25, 0.3) is 11.8 Å². The fourth-order valence-electron chi connectivity index (χ4n) is 5.23. The minimum Gasteiger partial charge on any atom is -0.455 e. The lowest BCUT2D eigenvalue weighted by molar-refractivity contribution is -0.117. The molecule has 39 heavy (non-hydrogen) atoms. The summed E-state index contributed by atoms with van der Waals surface area (Å²) in [5.74, 6) is -0.521. The highest BCUT2D eigenvalue weighted by Gasteiger charge is 2.29. The molecule has 1 heterocycles. The van der Waals surface area contributed by atoms with Crippen LogP contribution in [0, 0.1) is 11.7 Å². The second kappa shape index (κ2) is 10.7. The molecule has 4 N–H and O–H groups in total. The highest BCUT2D eigenvalue weighted by atomic mass is 19.1.